The second-order valence-electron chi connectivity index (χ2n) is 5.17. The summed E-state index contributed by atoms with van der Waals surface area (Å²) in [4.78, 5) is 0. The average molecular weight is 316 g/mol. The van der Waals surface area contributed by atoms with E-state index >= 15 is 0 Å². The Labute approximate surface area is 124 Å². The maximum atomic E-state index is 3.30. The van der Waals surface area contributed by atoms with Gasteiger partial charge in [0.05, 0.1) is 8.46 Å². The Morgan fingerprint density at radius 1 is 0.667 bits per heavy atom. The minimum atomic E-state index is -0.0742. The molecular weight excluding hydrogens is 292 g/mol. The quantitative estimate of drug-likeness (QED) is 0.519. The first kappa shape index (κ1) is 14.8. The number of hydrogen-bond acceptors (Lipinski definition) is 0. The van der Waals surface area contributed by atoms with Crippen molar-refractivity contribution < 1.29 is 32.7 Å². The van der Waals surface area contributed by atoms with Gasteiger partial charge in [0.2, 0.25) is 0 Å². The van der Waals surface area contributed by atoms with Crippen LogP contribution in [0.15, 0.2) is 0 Å². The van der Waals surface area contributed by atoms with Crippen molar-refractivity contribution in [3.8, 4) is 0 Å². The van der Waals surface area contributed by atoms with E-state index in [1.54, 1.807) is 25.7 Å². The summed E-state index contributed by atoms with van der Waals surface area (Å²) in [5.74, 6) is 0. The Morgan fingerprint density at radius 2 is 1.00 bits per heavy atom. The van der Waals surface area contributed by atoms with Gasteiger partial charge in [-0.3, -0.25) is 0 Å². The molecular formula is C12H24PSiY. The van der Waals surface area contributed by atoms with Crippen LogP contribution >= 0.6 is 8.79 Å². The van der Waals surface area contributed by atoms with Gasteiger partial charge >= 0.3 is 0 Å². The largest absolute Gasteiger partial charge is 0.150 e. The van der Waals surface area contributed by atoms with Crippen LogP contribution in [0.3, 0.4) is 0 Å². The third-order valence-corrected chi connectivity index (χ3v) is 10.0. The standard InChI is InChI=1S/C12H24PSi.Y/c13-14(11-7-3-1-4-8-11)12-9-5-2-6-10-12;/h11-12H,1-10,13H2;. The van der Waals surface area contributed by atoms with Gasteiger partial charge in [-0.25, -0.2) is 0 Å². The Kier molecular flexibility index (Phi) is 7.86. The fourth-order valence-electron chi connectivity index (χ4n) is 3.21. The molecule has 2 radical (unpaired) electrons. The van der Waals surface area contributed by atoms with E-state index < -0.39 is 0 Å². The maximum absolute atomic E-state index is 3.30. The van der Waals surface area contributed by atoms with Crippen LogP contribution in [0.2, 0.25) is 11.1 Å². The predicted octanol–water partition coefficient (Wildman–Crippen LogP) is 4.52. The molecule has 0 aromatic heterocycles. The fraction of sp³-hybridized carbons (Fsp3) is 1.00. The zero-order chi connectivity index (χ0) is 9.80. The van der Waals surface area contributed by atoms with Crippen molar-refractivity contribution in [2.45, 2.75) is 75.3 Å². The minimum Gasteiger partial charge on any atom is -0.150 e. The van der Waals surface area contributed by atoms with E-state index in [1.807, 2.05) is 0 Å². The van der Waals surface area contributed by atoms with Gasteiger partial charge in [0, 0.05) is 32.7 Å². The average Bonchev–Trinajstić information content (AvgIpc) is 2.30. The molecule has 0 amide bonds. The predicted molar refractivity (Wildman–Crippen MR) is 69.1 cm³/mol. The van der Waals surface area contributed by atoms with Crippen LogP contribution in [0.4, 0.5) is 0 Å². The molecule has 2 rings (SSSR count). The molecule has 3 heteroatoms. The zero-order valence-corrected chi connectivity index (χ0v) is 14.9. The summed E-state index contributed by atoms with van der Waals surface area (Å²) in [6.07, 6.45) is 15.4. The Hall–Kier alpha value is 1.75. The van der Waals surface area contributed by atoms with Crippen molar-refractivity contribution >= 4 is 17.3 Å². The van der Waals surface area contributed by atoms with Crippen molar-refractivity contribution in [2.75, 3.05) is 0 Å². The van der Waals surface area contributed by atoms with E-state index in [9.17, 15) is 0 Å². The molecule has 0 nitrogen and oxygen atoms in total. The van der Waals surface area contributed by atoms with Crippen molar-refractivity contribution in [2.24, 2.45) is 0 Å². The summed E-state index contributed by atoms with van der Waals surface area (Å²) in [5, 5.41) is 0. The van der Waals surface area contributed by atoms with E-state index in [2.05, 4.69) is 8.79 Å². The number of rotatable bonds is 2. The summed E-state index contributed by atoms with van der Waals surface area (Å²) >= 11 is 0. The SMILES string of the molecule is P[Si](C1CCCCC1)C1CCCCC1.[Y]. The topological polar surface area (TPSA) is 0 Å². The van der Waals surface area contributed by atoms with Gasteiger partial charge in [-0.2, -0.15) is 0 Å². The van der Waals surface area contributed by atoms with Crippen molar-refractivity contribution in [3.05, 3.63) is 0 Å². The van der Waals surface area contributed by atoms with Gasteiger partial charge in [-0.15, -0.1) is 8.79 Å². The van der Waals surface area contributed by atoms with Crippen molar-refractivity contribution in [1.82, 2.24) is 0 Å². The Morgan fingerprint density at radius 3 is 1.33 bits per heavy atom. The molecule has 0 N–H and O–H groups in total. The maximum Gasteiger partial charge on any atom is 0.0793 e. The fourth-order valence-corrected chi connectivity index (χ4v) is 8.02. The Balaban J connectivity index is 0.00000112. The second-order valence-corrected chi connectivity index (χ2v) is 9.80. The third kappa shape index (κ3) is 4.49. The monoisotopic (exact) mass is 316 g/mol. The number of hydrogen-bond donors (Lipinski definition) is 0. The van der Waals surface area contributed by atoms with E-state index in [4.69, 9.17) is 0 Å². The van der Waals surface area contributed by atoms with Crippen LogP contribution in [-0.2, 0) is 32.7 Å². The van der Waals surface area contributed by atoms with E-state index in [-0.39, 0.29) is 41.2 Å². The molecule has 1 atom stereocenters. The van der Waals surface area contributed by atoms with Crippen LogP contribution in [0, 0.1) is 0 Å². The van der Waals surface area contributed by atoms with E-state index in [1.165, 1.54) is 38.5 Å². The first-order valence-electron chi connectivity index (χ1n) is 6.50. The van der Waals surface area contributed by atoms with Gasteiger partial charge in [0.25, 0.3) is 0 Å². The molecule has 0 spiro atoms. The summed E-state index contributed by atoms with van der Waals surface area (Å²) in [7, 11) is 3.22. The first-order chi connectivity index (χ1) is 6.88. The molecule has 15 heavy (non-hydrogen) atoms. The molecule has 0 aromatic carbocycles. The third-order valence-electron chi connectivity index (χ3n) is 4.15. The molecule has 0 heterocycles. The normalized spacial score (nSPS) is 25.2. The molecule has 0 saturated heterocycles. The van der Waals surface area contributed by atoms with Gasteiger partial charge in [-0.05, 0) is 11.1 Å². The van der Waals surface area contributed by atoms with Gasteiger partial charge < -0.3 is 0 Å². The summed E-state index contributed by atoms with van der Waals surface area (Å²) in [6, 6.07) is 0. The van der Waals surface area contributed by atoms with Crippen LogP contribution in [-0.4, -0.2) is 8.46 Å². The molecule has 2 saturated carbocycles. The van der Waals surface area contributed by atoms with Gasteiger partial charge in [0.15, 0.2) is 0 Å². The molecule has 2 aliphatic carbocycles. The summed E-state index contributed by atoms with van der Waals surface area (Å²) in [5.41, 5.74) is 2.31. The van der Waals surface area contributed by atoms with E-state index in [0.29, 0.717) is 0 Å². The first-order valence-corrected chi connectivity index (χ1v) is 9.96. The molecule has 2 aliphatic rings. The molecule has 0 aromatic rings. The minimum absolute atomic E-state index is 0. The molecule has 84 valence electrons. The van der Waals surface area contributed by atoms with Crippen molar-refractivity contribution in [1.29, 1.82) is 0 Å². The molecule has 1 unspecified atom stereocenters. The molecule has 2 fully saturated rings. The Bertz CT molecular complexity index is 147. The van der Waals surface area contributed by atoms with E-state index in [0.717, 1.165) is 11.1 Å². The second kappa shape index (κ2) is 7.96. The van der Waals surface area contributed by atoms with Crippen LogP contribution in [0.5, 0.6) is 0 Å². The van der Waals surface area contributed by atoms with Crippen LogP contribution < -0.4 is 0 Å². The van der Waals surface area contributed by atoms with Crippen LogP contribution in [0.25, 0.3) is 0 Å². The van der Waals surface area contributed by atoms with Gasteiger partial charge in [0.1, 0.15) is 0 Å². The van der Waals surface area contributed by atoms with Gasteiger partial charge in [-0.1, -0.05) is 64.2 Å². The summed E-state index contributed by atoms with van der Waals surface area (Å²) in [6.45, 7) is 0. The molecule has 0 aliphatic heterocycles. The van der Waals surface area contributed by atoms with Crippen molar-refractivity contribution in [3.63, 3.8) is 0 Å². The smallest absolute Gasteiger partial charge is 0.0793 e. The molecule has 0 bridgehead atoms. The zero-order valence-electron chi connectivity index (χ0n) is 9.88. The summed E-state index contributed by atoms with van der Waals surface area (Å²) < 4.78 is 0. The van der Waals surface area contributed by atoms with Crippen LogP contribution in [0.1, 0.15) is 64.2 Å².